The summed E-state index contributed by atoms with van der Waals surface area (Å²) in [6, 6.07) is 6.29. The van der Waals surface area contributed by atoms with E-state index in [0.29, 0.717) is 11.4 Å². The van der Waals surface area contributed by atoms with E-state index in [0.717, 1.165) is 0 Å². The van der Waals surface area contributed by atoms with Crippen molar-refractivity contribution in [2.24, 2.45) is 5.11 Å². The van der Waals surface area contributed by atoms with Crippen molar-refractivity contribution in [3.63, 3.8) is 0 Å². The summed E-state index contributed by atoms with van der Waals surface area (Å²) in [6.07, 6.45) is 0. The second kappa shape index (κ2) is 5.72. The molecule has 0 spiro atoms. The van der Waals surface area contributed by atoms with Crippen LogP contribution >= 0.6 is 0 Å². The Morgan fingerprint density at radius 3 is 2.81 bits per heavy atom. The molecule has 0 radical (unpaired) electrons. The summed E-state index contributed by atoms with van der Waals surface area (Å²) in [5.41, 5.74) is 2.00. The molecule has 0 fully saturated rings. The minimum Gasteiger partial charge on any atom is -0.761 e. The minimum atomic E-state index is 0.150. The second-order valence-electron chi connectivity index (χ2n) is 2.97. The molecule has 0 amide bonds. The number of anilines is 1. The molecule has 0 unspecified atom stereocenters. The van der Waals surface area contributed by atoms with Gasteiger partial charge in [0.15, 0.2) is 5.82 Å². The van der Waals surface area contributed by atoms with Gasteiger partial charge in [0.2, 0.25) is 0 Å². The number of hydrogen-bond donors (Lipinski definition) is 2. The van der Waals surface area contributed by atoms with Crippen LogP contribution in [0.1, 0.15) is 6.92 Å². The lowest BCUT2D eigenvalue weighted by molar-refractivity contribution is -0.437. The van der Waals surface area contributed by atoms with E-state index in [4.69, 9.17) is 0 Å². The highest BCUT2D eigenvalue weighted by atomic mass is 16.5. The van der Waals surface area contributed by atoms with E-state index >= 15 is 0 Å². The highest BCUT2D eigenvalue weighted by molar-refractivity contribution is 5.61. The molecule has 0 aliphatic rings. The quantitative estimate of drug-likeness (QED) is 0.453. The van der Waals surface area contributed by atoms with E-state index in [1.165, 1.54) is 12.1 Å². The molecule has 6 nitrogen and oxygen atoms in total. The largest absolute Gasteiger partial charge is 0.761 e. The number of benzene rings is 1. The van der Waals surface area contributed by atoms with Crippen LogP contribution in [0.2, 0.25) is 0 Å². The third kappa shape index (κ3) is 2.96. The smallest absolute Gasteiger partial charge is 0.267 e. The SMILES string of the molecule is C=C(/N=[N+](/[O-])c1ccccc1N[O-])NCC. The number of hydrogen-bond acceptors (Lipinski definition) is 5. The standard InChI is InChI=1S/C10H13N4O2/c1-3-11-8(2)12-14(16)10-7-5-4-6-9(10)13-15/h4-7,11,13H,2-3H2,1H3/q-1/b14-12+. The summed E-state index contributed by atoms with van der Waals surface area (Å²) in [5.74, 6) is 0.248. The van der Waals surface area contributed by atoms with Crippen molar-refractivity contribution >= 4 is 11.4 Å². The lowest BCUT2D eigenvalue weighted by Gasteiger charge is -2.11. The van der Waals surface area contributed by atoms with Gasteiger partial charge in [-0.3, -0.25) is 0 Å². The zero-order valence-electron chi connectivity index (χ0n) is 8.93. The lowest BCUT2D eigenvalue weighted by atomic mass is 10.3. The Labute approximate surface area is 93.5 Å². The molecule has 1 aromatic carbocycles. The molecule has 1 rings (SSSR count). The molecular weight excluding hydrogens is 208 g/mol. The van der Waals surface area contributed by atoms with Crippen molar-refractivity contribution in [3.05, 3.63) is 47.1 Å². The zero-order chi connectivity index (χ0) is 12.0. The molecule has 0 saturated heterocycles. The molecule has 6 heteroatoms. The molecule has 16 heavy (non-hydrogen) atoms. The fourth-order valence-electron chi connectivity index (χ4n) is 1.13. The van der Waals surface area contributed by atoms with E-state index in [-0.39, 0.29) is 17.2 Å². The Kier molecular flexibility index (Phi) is 4.28. The highest BCUT2D eigenvalue weighted by Crippen LogP contribution is 2.23. The van der Waals surface area contributed by atoms with Gasteiger partial charge in [0.05, 0.1) is 0 Å². The first-order valence-corrected chi connectivity index (χ1v) is 4.78. The summed E-state index contributed by atoms with van der Waals surface area (Å²) < 4.78 is 0. The van der Waals surface area contributed by atoms with Crippen molar-refractivity contribution in [1.29, 1.82) is 0 Å². The van der Waals surface area contributed by atoms with Crippen LogP contribution in [0.5, 0.6) is 0 Å². The molecular formula is C10H13N4O2-. The van der Waals surface area contributed by atoms with Gasteiger partial charge in [-0.2, -0.15) is 0 Å². The van der Waals surface area contributed by atoms with Crippen LogP contribution in [0.15, 0.2) is 41.8 Å². The zero-order valence-corrected chi connectivity index (χ0v) is 8.93. The first-order valence-electron chi connectivity index (χ1n) is 4.78. The number of nitrogens with one attached hydrogen (secondary N) is 2. The Balaban J connectivity index is 2.95. The molecule has 1 aromatic rings. The topological polar surface area (TPSA) is 85.5 Å². The average Bonchev–Trinajstić information content (AvgIpc) is 2.29. The Morgan fingerprint density at radius 2 is 2.19 bits per heavy atom. The normalized spacial score (nSPS) is 11.0. The fraction of sp³-hybridized carbons (Fsp3) is 0.200. The van der Waals surface area contributed by atoms with Gasteiger partial charge in [0.25, 0.3) is 5.69 Å². The number of azo groups is 1. The van der Waals surface area contributed by atoms with Crippen LogP contribution in [-0.2, 0) is 0 Å². The predicted octanol–water partition coefficient (Wildman–Crippen LogP) is 2.27. The number of para-hydroxylation sites is 2. The third-order valence-corrected chi connectivity index (χ3v) is 1.81. The summed E-state index contributed by atoms with van der Waals surface area (Å²) in [4.78, 5) is 0.352. The molecule has 0 atom stereocenters. The van der Waals surface area contributed by atoms with Crippen LogP contribution in [0.25, 0.3) is 0 Å². The van der Waals surface area contributed by atoms with Gasteiger partial charge in [-0.05, 0) is 17.9 Å². The van der Waals surface area contributed by atoms with Gasteiger partial charge in [0, 0.05) is 17.7 Å². The molecule has 0 aromatic heterocycles. The van der Waals surface area contributed by atoms with Crippen molar-refractivity contribution in [2.75, 3.05) is 12.0 Å². The van der Waals surface area contributed by atoms with E-state index in [9.17, 15) is 10.4 Å². The highest BCUT2D eigenvalue weighted by Gasteiger charge is 2.08. The van der Waals surface area contributed by atoms with Gasteiger partial charge in [-0.25, -0.2) is 0 Å². The summed E-state index contributed by atoms with van der Waals surface area (Å²) in [6.45, 7) is 6.03. The van der Waals surface area contributed by atoms with Crippen molar-refractivity contribution in [3.8, 4) is 0 Å². The third-order valence-electron chi connectivity index (χ3n) is 1.81. The first-order chi connectivity index (χ1) is 7.69. The van der Waals surface area contributed by atoms with Crippen LogP contribution in [-0.4, -0.2) is 11.4 Å². The van der Waals surface area contributed by atoms with E-state index in [1.807, 2.05) is 6.92 Å². The maximum absolute atomic E-state index is 11.6. The van der Waals surface area contributed by atoms with Gasteiger partial charge < -0.3 is 21.2 Å². The van der Waals surface area contributed by atoms with Gasteiger partial charge >= 0.3 is 0 Å². The number of rotatable bonds is 5. The summed E-state index contributed by atoms with van der Waals surface area (Å²) in [7, 11) is 0. The fourth-order valence-corrected chi connectivity index (χ4v) is 1.13. The Hall–Kier alpha value is -2.08. The summed E-state index contributed by atoms with van der Waals surface area (Å²) in [5, 5.41) is 28.6. The Bertz CT molecular complexity index is 404. The maximum Gasteiger partial charge on any atom is 0.267 e. The minimum absolute atomic E-state index is 0.150. The van der Waals surface area contributed by atoms with E-state index < -0.39 is 0 Å². The molecule has 0 aliphatic heterocycles. The first kappa shape index (κ1) is 12.0. The molecule has 0 bridgehead atoms. The monoisotopic (exact) mass is 221 g/mol. The predicted molar refractivity (Wildman–Crippen MR) is 62.0 cm³/mol. The molecule has 86 valence electrons. The van der Waals surface area contributed by atoms with Gasteiger partial charge in [-0.15, -0.1) is 0 Å². The van der Waals surface area contributed by atoms with Crippen LogP contribution in [0.4, 0.5) is 11.4 Å². The molecule has 0 heterocycles. The number of nitrogens with zero attached hydrogens (tertiary/aromatic N) is 2. The Morgan fingerprint density at radius 1 is 1.50 bits per heavy atom. The second-order valence-corrected chi connectivity index (χ2v) is 2.97. The van der Waals surface area contributed by atoms with Crippen molar-refractivity contribution in [1.82, 2.24) is 5.32 Å². The van der Waals surface area contributed by atoms with Crippen LogP contribution < -0.4 is 10.8 Å². The average molecular weight is 221 g/mol. The van der Waals surface area contributed by atoms with Gasteiger partial charge in [-0.1, -0.05) is 18.7 Å². The molecule has 2 N–H and O–H groups in total. The van der Waals surface area contributed by atoms with Crippen molar-refractivity contribution in [2.45, 2.75) is 6.92 Å². The van der Waals surface area contributed by atoms with Gasteiger partial charge in [0.1, 0.15) is 5.69 Å². The molecule has 0 aliphatic carbocycles. The lowest BCUT2D eigenvalue weighted by Crippen LogP contribution is -2.10. The van der Waals surface area contributed by atoms with Crippen molar-refractivity contribution < 1.29 is 4.86 Å². The molecule has 0 saturated carbocycles. The maximum atomic E-state index is 11.6. The summed E-state index contributed by atoms with van der Waals surface area (Å²) >= 11 is 0. The van der Waals surface area contributed by atoms with Crippen LogP contribution in [0, 0.1) is 10.4 Å². The van der Waals surface area contributed by atoms with Crippen LogP contribution in [0.3, 0.4) is 0 Å². The van der Waals surface area contributed by atoms with E-state index in [1.54, 1.807) is 17.6 Å². The van der Waals surface area contributed by atoms with E-state index in [2.05, 4.69) is 17.0 Å².